The first-order chi connectivity index (χ1) is 13.5. The Kier molecular flexibility index (Phi) is 3.60. The van der Waals surface area contributed by atoms with Crippen LogP contribution in [0, 0.1) is 5.92 Å². The van der Waals surface area contributed by atoms with E-state index in [4.69, 9.17) is 0 Å². The summed E-state index contributed by atoms with van der Waals surface area (Å²) >= 11 is 0. The molecule has 1 aromatic carbocycles. The summed E-state index contributed by atoms with van der Waals surface area (Å²) in [5, 5.41) is 22.3. The molecule has 2 amide bonds. The van der Waals surface area contributed by atoms with E-state index in [1.807, 2.05) is 0 Å². The highest BCUT2D eigenvalue weighted by molar-refractivity contribution is 6.09. The lowest BCUT2D eigenvalue weighted by molar-refractivity contribution is -0.153. The fourth-order valence-electron chi connectivity index (χ4n) is 4.79. The van der Waals surface area contributed by atoms with Crippen LogP contribution in [-0.4, -0.2) is 58.1 Å². The van der Waals surface area contributed by atoms with Crippen molar-refractivity contribution in [3.05, 3.63) is 47.2 Å². The van der Waals surface area contributed by atoms with Gasteiger partial charge in [0.1, 0.15) is 17.5 Å². The molecule has 4 aliphatic heterocycles. The molecule has 2 unspecified atom stereocenters. The number of carboxylic acids is 1. The number of phenolic OH excluding ortho intramolecular Hbond substituents is 1. The average Bonchev–Trinajstić information content (AvgIpc) is 3.23. The Bertz CT molecular complexity index is 965. The zero-order valence-electron chi connectivity index (χ0n) is 15.0. The van der Waals surface area contributed by atoms with Crippen LogP contribution in [0.5, 0.6) is 5.75 Å². The molecule has 3 atom stereocenters. The van der Waals surface area contributed by atoms with Gasteiger partial charge in [-0.1, -0.05) is 0 Å². The second-order valence-electron chi connectivity index (χ2n) is 7.62. The van der Waals surface area contributed by atoms with Crippen molar-refractivity contribution in [2.24, 2.45) is 5.92 Å². The number of allylic oxidation sites excluding steroid dienone is 2. The summed E-state index contributed by atoms with van der Waals surface area (Å²) in [6, 6.07) is 6.03. The Labute approximate surface area is 160 Å². The number of β-lactam (4-membered cyclic amide) rings is 1. The molecule has 0 radical (unpaired) electrons. The molecule has 3 N–H and O–H groups in total. The molecule has 3 fully saturated rings. The standard InChI is InChI=1S/C20H19N3O5/c24-14-3-1-13(2-4-14)22-6-5-10(18(22)25)7-11-8-12-9-21-15-16(12)23(19(15)26)17(11)20(27)28/h1-4,7,12,15-16,21,24H,5-6,8-9H2,(H,27,28)/b10-7+/t12?,15?,16-/m1/s1. The monoisotopic (exact) mass is 381 g/mol. The summed E-state index contributed by atoms with van der Waals surface area (Å²) in [7, 11) is 0. The van der Waals surface area contributed by atoms with Crippen molar-refractivity contribution in [1.82, 2.24) is 10.2 Å². The molecule has 144 valence electrons. The molecule has 3 saturated heterocycles. The van der Waals surface area contributed by atoms with Crippen LogP contribution in [0.15, 0.2) is 47.2 Å². The molecular formula is C20H19N3O5. The van der Waals surface area contributed by atoms with E-state index >= 15 is 0 Å². The van der Waals surface area contributed by atoms with Crippen LogP contribution in [0.25, 0.3) is 0 Å². The fraction of sp³-hybridized carbons (Fsp3) is 0.350. The smallest absolute Gasteiger partial charge is 0.352 e. The molecular weight excluding hydrogens is 362 g/mol. The summed E-state index contributed by atoms with van der Waals surface area (Å²) in [5.41, 5.74) is 1.77. The first-order valence-electron chi connectivity index (χ1n) is 9.30. The van der Waals surface area contributed by atoms with Crippen LogP contribution < -0.4 is 10.2 Å². The van der Waals surface area contributed by atoms with Crippen LogP contribution in [0.4, 0.5) is 5.69 Å². The quantitative estimate of drug-likeness (QED) is 0.522. The maximum absolute atomic E-state index is 12.9. The highest BCUT2D eigenvalue weighted by Crippen LogP contribution is 2.44. The predicted octanol–water partition coefficient (Wildman–Crippen LogP) is 0.597. The van der Waals surface area contributed by atoms with Gasteiger partial charge in [0.15, 0.2) is 0 Å². The van der Waals surface area contributed by atoms with Crippen molar-refractivity contribution in [3.63, 3.8) is 0 Å². The highest BCUT2D eigenvalue weighted by atomic mass is 16.4. The minimum Gasteiger partial charge on any atom is -0.508 e. The maximum atomic E-state index is 12.9. The third kappa shape index (κ3) is 2.31. The van der Waals surface area contributed by atoms with Gasteiger partial charge in [-0.2, -0.15) is 0 Å². The molecule has 28 heavy (non-hydrogen) atoms. The van der Waals surface area contributed by atoms with Gasteiger partial charge in [-0.3, -0.25) is 14.5 Å². The zero-order valence-corrected chi connectivity index (χ0v) is 15.0. The van der Waals surface area contributed by atoms with Crippen LogP contribution in [0.1, 0.15) is 12.8 Å². The van der Waals surface area contributed by atoms with Crippen molar-refractivity contribution >= 4 is 23.5 Å². The normalized spacial score (nSPS) is 30.1. The number of aliphatic carboxylic acids is 1. The minimum absolute atomic E-state index is 0.00887. The van der Waals surface area contributed by atoms with Crippen molar-refractivity contribution in [2.75, 3.05) is 18.0 Å². The zero-order chi connectivity index (χ0) is 19.6. The van der Waals surface area contributed by atoms with Crippen molar-refractivity contribution < 1.29 is 24.6 Å². The summed E-state index contributed by atoms with van der Waals surface area (Å²) in [5.74, 6) is -1.22. The molecule has 4 heterocycles. The van der Waals surface area contributed by atoms with E-state index in [9.17, 15) is 24.6 Å². The largest absolute Gasteiger partial charge is 0.508 e. The number of nitrogens with zero attached hydrogens (tertiary/aromatic N) is 2. The lowest BCUT2D eigenvalue weighted by atomic mass is 9.79. The molecule has 0 bridgehead atoms. The van der Waals surface area contributed by atoms with Gasteiger partial charge in [-0.25, -0.2) is 4.79 Å². The van der Waals surface area contributed by atoms with E-state index in [0.29, 0.717) is 42.8 Å². The van der Waals surface area contributed by atoms with Gasteiger partial charge in [0.05, 0.1) is 6.04 Å². The first kappa shape index (κ1) is 17.0. The number of hydrogen-bond donors (Lipinski definition) is 3. The second kappa shape index (κ2) is 5.93. The van der Waals surface area contributed by atoms with Gasteiger partial charge >= 0.3 is 5.97 Å². The van der Waals surface area contributed by atoms with Crippen molar-refractivity contribution in [1.29, 1.82) is 0 Å². The summed E-state index contributed by atoms with van der Waals surface area (Å²) in [4.78, 5) is 40.1. The topological polar surface area (TPSA) is 110 Å². The third-order valence-corrected chi connectivity index (χ3v) is 6.09. The van der Waals surface area contributed by atoms with E-state index in [2.05, 4.69) is 5.32 Å². The fourth-order valence-corrected chi connectivity index (χ4v) is 4.79. The molecule has 1 aromatic rings. The number of aromatic hydroxyl groups is 1. The number of nitrogens with one attached hydrogen (secondary N) is 1. The number of amides is 2. The third-order valence-electron chi connectivity index (χ3n) is 6.09. The molecule has 0 saturated carbocycles. The molecule has 0 aromatic heterocycles. The Morgan fingerprint density at radius 2 is 1.96 bits per heavy atom. The highest BCUT2D eigenvalue weighted by Gasteiger charge is 2.59. The number of carbonyl (C=O) groups is 3. The first-order valence-corrected chi connectivity index (χ1v) is 9.30. The molecule has 8 heteroatoms. The number of carboxylic acid groups (broad SMARTS) is 1. The number of phenols is 1. The van der Waals surface area contributed by atoms with E-state index in [1.54, 1.807) is 23.1 Å². The lowest BCUT2D eigenvalue weighted by Crippen LogP contribution is -2.68. The van der Waals surface area contributed by atoms with Crippen molar-refractivity contribution in [3.8, 4) is 5.75 Å². The van der Waals surface area contributed by atoms with E-state index in [1.165, 1.54) is 17.0 Å². The summed E-state index contributed by atoms with van der Waals surface area (Å²) in [6.45, 7) is 1.16. The lowest BCUT2D eigenvalue weighted by Gasteiger charge is -2.48. The maximum Gasteiger partial charge on any atom is 0.352 e. The summed E-state index contributed by atoms with van der Waals surface area (Å²) in [6.07, 6.45) is 2.70. The number of carbonyl (C=O) groups excluding carboxylic acids is 2. The van der Waals surface area contributed by atoms with Crippen molar-refractivity contribution in [2.45, 2.75) is 24.9 Å². The number of hydrogen-bond acceptors (Lipinski definition) is 5. The Hall–Kier alpha value is -3.13. The molecule has 8 nitrogen and oxygen atoms in total. The van der Waals surface area contributed by atoms with E-state index in [0.717, 1.165) is 0 Å². The Balaban J connectivity index is 1.48. The van der Waals surface area contributed by atoms with Gasteiger partial charge in [0.25, 0.3) is 5.91 Å². The van der Waals surface area contributed by atoms with Crippen LogP contribution in [-0.2, 0) is 14.4 Å². The Morgan fingerprint density at radius 3 is 2.68 bits per heavy atom. The summed E-state index contributed by atoms with van der Waals surface area (Å²) < 4.78 is 0. The van der Waals surface area contributed by atoms with E-state index in [-0.39, 0.29) is 41.3 Å². The molecule has 0 aliphatic carbocycles. The van der Waals surface area contributed by atoms with Crippen LogP contribution in [0.2, 0.25) is 0 Å². The number of rotatable bonds is 3. The molecule has 0 spiro atoms. The van der Waals surface area contributed by atoms with Gasteiger partial charge in [0, 0.05) is 24.4 Å². The van der Waals surface area contributed by atoms with E-state index < -0.39 is 5.97 Å². The average molecular weight is 381 g/mol. The van der Waals surface area contributed by atoms with Gasteiger partial charge in [-0.05, 0) is 54.7 Å². The number of anilines is 1. The van der Waals surface area contributed by atoms with Gasteiger partial charge in [-0.15, -0.1) is 0 Å². The second-order valence-corrected chi connectivity index (χ2v) is 7.62. The van der Waals surface area contributed by atoms with Gasteiger partial charge < -0.3 is 20.4 Å². The minimum atomic E-state index is -1.13. The molecule has 4 aliphatic rings. The number of benzene rings is 1. The van der Waals surface area contributed by atoms with Crippen LogP contribution in [0.3, 0.4) is 0 Å². The van der Waals surface area contributed by atoms with Crippen LogP contribution >= 0.6 is 0 Å². The van der Waals surface area contributed by atoms with Gasteiger partial charge in [0.2, 0.25) is 5.91 Å². The SMILES string of the molecule is O=C(O)C1=C(/C=C2\CCN(c3ccc(O)cc3)C2=O)CC2CNC3C(=O)N1[C@H]23. The predicted molar refractivity (Wildman–Crippen MR) is 98.4 cm³/mol. The molecule has 5 rings (SSSR count). The Morgan fingerprint density at radius 1 is 1.21 bits per heavy atom.